The third-order valence-electron chi connectivity index (χ3n) is 1.08. The summed E-state index contributed by atoms with van der Waals surface area (Å²) in [5, 5.41) is 3.32. The summed E-state index contributed by atoms with van der Waals surface area (Å²) in [5.74, 6) is -0.951. The summed E-state index contributed by atoms with van der Waals surface area (Å²) in [7, 11) is 1.28. The highest BCUT2D eigenvalue weighted by Crippen LogP contribution is 2.05. The minimum absolute atomic E-state index is 0.623. The number of halogens is 2. The summed E-state index contributed by atoms with van der Waals surface area (Å²) >= 11 is 0. The molecule has 10 heavy (non-hydrogen) atoms. The Bertz CT molecular complexity index is 269. The first kappa shape index (κ1) is 6.85. The molecular formula is C5H4F2N2O. The van der Waals surface area contributed by atoms with Crippen molar-refractivity contribution in [1.29, 1.82) is 0 Å². The molecule has 0 atom stereocenters. The molecule has 0 fully saturated rings. The zero-order valence-corrected chi connectivity index (χ0v) is 5.14. The van der Waals surface area contributed by atoms with Crippen molar-refractivity contribution in [1.82, 2.24) is 9.78 Å². The van der Waals surface area contributed by atoms with E-state index >= 15 is 0 Å². The second-order valence-electron chi connectivity index (χ2n) is 1.75. The first-order valence-electron chi connectivity index (χ1n) is 2.50. The SMILES string of the molecule is Cn1ncc(C(=O)F)c1F. The van der Waals surface area contributed by atoms with E-state index in [-0.39, 0.29) is 0 Å². The standard InChI is InChI=1S/C5H4F2N2O/c1-9-4(6)3(2-8-9)5(7)10/h2H,1H3. The number of carbonyl (C=O) groups is 1. The molecule has 0 N–H and O–H groups in total. The normalized spacial score (nSPS) is 9.90. The Kier molecular flexibility index (Phi) is 1.48. The quantitative estimate of drug-likeness (QED) is 0.546. The molecule has 0 saturated carbocycles. The van der Waals surface area contributed by atoms with Crippen LogP contribution in [0.1, 0.15) is 10.4 Å². The molecule has 0 saturated heterocycles. The highest BCUT2D eigenvalue weighted by atomic mass is 19.1. The minimum atomic E-state index is -1.80. The molecule has 0 aliphatic heterocycles. The number of aryl methyl sites for hydroxylation is 1. The molecule has 0 spiro atoms. The fourth-order valence-electron chi connectivity index (χ4n) is 0.554. The summed E-state index contributed by atoms with van der Waals surface area (Å²) in [6.07, 6.45) is 0.845. The Morgan fingerprint density at radius 3 is 2.60 bits per heavy atom. The van der Waals surface area contributed by atoms with Crippen molar-refractivity contribution in [2.24, 2.45) is 7.05 Å². The molecule has 0 aromatic carbocycles. The monoisotopic (exact) mass is 146 g/mol. The van der Waals surface area contributed by atoms with Crippen molar-refractivity contribution in [3.8, 4) is 0 Å². The Labute approximate surface area is 55.3 Å². The molecule has 0 unspecified atom stereocenters. The van der Waals surface area contributed by atoms with Crippen LogP contribution < -0.4 is 0 Å². The molecule has 0 aliphatic carbocycles. The number of nitrogens with zero attached hydrogens (tertiary/aromatic N) is 2. The molecule has 0 bridgehead atoms. The summed E-state index contributed by atoms with van der Waals surface area (Å²) in [4.78, 5) is 9.92. The van der Waals surface area contributed by atoms with Crippen LogP contribution in [-0.4, -0.2) is 15.8 Å². The summed E-state index contributed by atoms with van der Waals surface area (Å²) in [6.45, 7) is 0. The number of carbonyl (C=O) groups excluding carboxylic acids is 1. The minimum Gasteiger partial charge on any atom is -0.255 e. The van der Waals surface area contributed by atoms with Gasteiger partial charge in [0.05, 0.1) is 6.20 Å². The fraction of sp³-hybridized carbons (Fsp3) is 0.200. The number of hydrogen-bond donors (Lipinski definition) is 0. The first-order valence-corrected chi connectivity index (χ1v) is 2.50. The van der Waals surface area contributed by atoms with Crippen molar-refractivity contribution in [2.45, 2.75) is 0 Å². The highest BCUT2D eigenvalue weighted by Gasteiger charge is 2.14. The molecule has 1 aromatic rings. The lowest BCUT2D eigenvalue weighted by Crippen LogP contribution is -1.97. The van der Waals surface area contributed by atoms with E-state index in [1.54, 1.807) is 0 Å². The predicted octanol–water partition coefficient (Wildman–Crippen LogP) is 0.669. The highest BCUT2D eigenvalue weighted by molar-refractivity contribution is 5.87. The molecule has 3 nitrogen and oxygen atoms in total. The topological polar surface area (TPSA) is 34.9 Å². The predicted molar refractivity (Wildman–Crippen MR) is 28.6 cm³/mol. The van der Waals surface area contributed by atoms with E-state index in [9.17, 15) is 13.6 Å². The van der Waals surface area contributed by atoms with Gasteiger partial charge in [0.25, 0.3) is 0 Å². The molecule has 1 aromatic heterocycles. The summed E-state index contributed by atoms with van der Waals surface area (Å²) < 4.78 is 25.0. The fourth-order valence-corrected chi connectivity index (χ4v) is 0.554. The lowest BCUT2D eigenvalue weighted by Gasteiger charge is -1.87. The van der Waals surface area contributed by atoms with E-state index in [2.05, 4.69) is 5.10 Å². The van der Waals surface area contributed by atoms with Gasteiger partial charge in [-0.25, -0.2) is 4.68 Å². The zero-order chi connectivity index (χ0) is 7.72. The Morgan fingerprint density at radius 1 is 1.80 bits per heavy atom. The average molecular weight is 146 g/mol. The van der Waals surface area contributed by atoms with Crippen molar-refractivity contribution in [3.63, 3.8) is 0 Å². The zero-order valence-electron chi connectivity index (χ0n) is 5.14. The van der Waals surface area contributed by atoms with E-state index in [0.29, 0.717) is 0 Å². The second kappa shape index (κ2) is 2.17. The van der Waals surface area contributed by atoms with E-state index in [4.69, 9.17) is 0 Å². The maximum Gasteiger partial charge on any atom is 0.338 e. The molecule has 1 heterocycles. The largest absolute Gasteiger partial charge is 0.338 e. The van der Waals surface area contributed by atoms with Crippen LogP contribution in [0.5, 0.6) is 0 Å². The Balaban J connectivity index is 3.17. The van der Waals surface area contributed by atoms with Gasteiger partial charge in [-0.15, -0.1) is 0 Å². The molecule has 0 radical (unpaired) electrons. The second-order valence-corrected chi connectivity index (χ2v) is 1.75. The van der Waals surface area contributed by atoms with Gasteiger partial charge in [0.1, 0.15) is 5.56 Å². The van der Waals surface area contributed by atoms with Crippen molar-refractivity contribution < 1.29 is 13.6 Å². The number of aromatic nitrogens is 2. The Hall–Kier alpha value is -1.26. The van der Waals surface area contributed by atoms with E-state index in [1.165, 1.54) is 7.05 Å². The van der Waals surface area contributed by atoms with Gasteiger partial charge >= 0.3 is 6.04 Å². The van der Waals surface area contributed by atoms with Gasteiger partial charge in [-0.3, -0.25) is 4.79 Å². The van der Waals surface area contributed by atoms with Crippen LogP contribution in [0.2, 0.25) is 0 Å². The molecular weight excluding hydrogens is 142 g/mol. The van der Waals surface area contributed by atoms with Crippen molar-refractivity contribution in [2.75, 3.05) is 0 Å². The number of hydrogen-bond acceptors (Lipinski definition) is 2. The van der Waals surface area contributed by atoms with E-state index in [0.717, 1.165) is 10.9 Å². The maximum absolute atomic E-state index is 12.5. The van der Waals surface area contributed by atoms with Crippen LogP contribution in [-0.2, 0) is 7.05 Å². The van der Waals surface area contributed by atoms with Gasteiger partial charge in [-0.1, -0.05) is 0 Å². The van der Waals surface area contributed by atoms with Crippen LogP contribution >= 0.6 is 0 Å². The van der Waals surface area contributed by atoms with Gasteiger partial charge in [0.2, 0.25) is 5.95 Å². The maximum atomic E-state index is 12.5. The van der Waals surface area contributed by atoms with Crippen LogP contribution in [0.15, 0.2) is 6.20 Å². The van der Waals surface area contributed by atoms with Crippen molar-refractivity contribution in [3.05, 3.63) is 17.7 Å². The lowest BCUT2D eigenvalue weighted by molar-refractivity contribution is 0.0831. The van der Waals surface area contributed by atoms with E-state index in [1.807, 2.05) is 0 Å². The van der Waals surface area contributed by atoms with Gasteiger partial charge < -0.3 is 0 Å². The molecule has 0 aliphatic rings. The number of rotatable bonds is 1. The third kappa shape index (κ3) is 0.896. The molecule has 54 valence electrons. The smallest absolute Gasteiger partial charge is 0.255 e. The van der Waals surface area contributed by atoms with Gasteiger partial charge in [0, 0.05) is 7.05 Å². The first-order chi connectivity index (χ1) is 4.63. The summed E-state index contributed by atoms with van der Waals surface area (Å²) in [6, 6.07) is -1.80. The molecule has 0 amide bonds. The average Bonchev–Trinajstić information content (AvgIpc) is 2.14. The van der Waals surface area contributed by atoms with Crippen molar-refractivity contribution >= 4 is 6.04 Å². The lowest BCUT2D eigenvalue weighted by atomic mass is 10.4. The Morgan fingerprint density at radius 2 is 2.40 bits per heavy atom. The van der Waals surface area contributed by atoms with Gasteiger partial charge in [-0.05, 0) is 0 Å². The van der Waals surface area contributed by atoms with Crippen LogP contribution in [0.3, 0.4) is 0 Å². The van der Waals surface area contributed by atoms with Gasteiger partial charge in [-0.2, -0.15) is 13.9 Å². The molecule has 5 heteroatoms. The van der Waals surface area contributed by atoms with Gasteiger partial charge in [0.15, 0.2) is 0 Å². The molecule has 1 rings (SSSR count). The third-order valence-corrected chi connectivity index (χ3v) is 1.08. The van der Waals surface area contributed by atoms with Crippen LogP contribution in [0, 0.1) is 5.95 Å². The van der Waals surface area contributed by atoms with E-state index < -0.39 is 17.5 Å². The van der Waals surface area contributed by atoms with Crippen LogP contribution in [0.25, 0.3) is 0 Å². The summed E-state index contributed by atoms with van der Waals surface area (Å²) in [5.41, 5.74) is -0.623. The van der Waals surface area contributed by atoms with Crippen LogP contribution in [0.4, 0.5) is 8.78 Å².